The summed E-state index contributed by atoms with van der Waals surface area (Å²) in [6, 6.07) is 19.3. The van der Waals surface area contributed by atoms with Gasteiger partial charge in [0.1, 0.15) is 23.6 Å². The molecule has 4 rings (SSSR count). The van der Waals surface area contributed by atoms with E-state index >= 15 is 0 Å². The molecule has 1 heterocycles. The smallest absolute Gasteiger partial charge is 0.247 e. The zero-order valence-corrected chi connectivity index (χ0v) is 21.7. The second-order valence-electron chi connectivity index (χ2n) is 9.56. The second-order valence-corrected chi connectivity index (χ2v) is 9.56. The Hall–Kier alpha value is -4.11. The van der Waals surface area contributed by atoms with Crippen LogP contribution in [0, 0.1) is 17.6 Å². The van der Waals surface area contributed by atoms with Crippen molar-refractivity contribution in [3.63, 3.8) is 0 Å². The molecule has 3 aromatic rings. The first-order valence-corrected chi connectivity index (χ1v) is 12.8. The summed E-state index contributed by atoms with van der Waals surface area (Å²) >= 11 is 0. The fourth-order valence-corrected chi connectivity index (χ4v) is 4.42. The molecule has 3 aromatic carbocycles. The molecule has 39 heavy (non-hydrogen) atoms. The van der Waals surface area contributed by atoms with Crippen molar-refractivity contribution < 1.29 is 27.9 Å². The van der Waals surface area contributed by atoms with Crippen molar-refractivity contribution in [2.75, 3.05) is 13.2 Å². The van der Waals surface area contributed by atoms with Gasteiger partial charge in [-0.05, 0) is 47.7 Å². The molecule has 2 atom stereocenters. The lowest BCUT2D eigenvalue weighted by Gasteiger charge is -2.32. The molecule has 1 aliphatic rings. The van der Waals surface area contributed by atoms with E-state index in [-0.39, 0.29) is 31.2 Å². The molecule has 1 aliphatic heterocycles. The van der Waals surface area contributed by atoms with Crippen molar-refractivity contribution in [1.82, 2.24) is 15.5 Å². The van der Waals surface area contributed by atoms with E-state index in [1.807, 2.05) is 54.6 Å². The molecule has 0 aromatic heterocycles. The number of fused-ring (bicyclic) bond motifs is 1. The fourth-order valence-electron chi connectivity index (χ4n) is 4.42. The van der Waals surface area contributed by atoms with Gasteiger partial charge >= 0.3 is 0 Å². The second kappa shape index (κ2) is 13.1. The van der Waals surface area contributed by atoms with Crippen molar-refractivity contribution in [2.24, 2.45) is 5.92 Å². The van der Waals surface area contributed by atoms with Crippen LogP contribution in [0.5, 0.6) is 0 Å². The topological polar surface area (TPSA) is 87.7 Å². The highest BCUT2D eigenvalue weighted by Crippen LogP contribution is 2.19. The Bertz CT molecular complexity index is 1300. The fraction of sp³-hybridized carbons (Fsp3) is 0.300. The number of carbonyl (C=O) groups excluding carboxylic acids is 3. The Morgan fingerprint density at radius 2 is 1.56 bits per heavy atom. The van der Waals surface area contributed by atoms with Crippen molar-refractivity contribution in [2.45, 2.75) is 39.1 Å². The average molecular weight is 536 g/mol. The van der Waals surface area contributed by atoms with Crippen molar-refractivity contribution in [3.05, 3.63) is 107 Å². The van der Waals surface area contributed by atoms with Gasteiger partial charge in [0.25, 0.3) is 0 Å². The van der Waals surface area contributed by atoms with Crippen molar-refractivity contribution in [1.29, 1.82) is 0 Å². The van der Waals surface area contributed by atoms with E-state index in [4.69, 9.17) is 4.74 Å². The Balaban J connectivity index is 1.39. The summed E-state index contributed by atoms with van der Waals surface area (Å²) < 4.78 is 32.7. The van der Waals surface area contributed by atoms with Gasteiger partial charge in [-0.2, -0.15) is 0 Å². The lowest BCUT2D eigenvalue weighted by atomic mass is 9.99. The Morgan fingerprint density at radius 3 is 2.28 bits per heavy atom. The molecule has 0 radical (unpaired) electrons. The largest absolute Gasteiger partial charge is 0.374 e. The monoisotopic (exact) mass is 535 g/mol. The molecule has 0 bridgehead atoms. The highest BCUT2D eigenvalue weighted by atomic mass is 19.1. The van der Waals surface area contributed by atoms with Gasteiger partial charge in [-0.3, -0.25) is 14.4 Å². The van der Waals surface area contributed by atoms with E-state index in [0.717, 1.165) is 29.3 Å². The number of amides is 3. The first-order chi connectivity index (χ1) is 18.8. The molecular weight excluding hydrogens is 504 g/mol. The van der Waals surface area contributed by atoms with Crippen LogP contribution in [-0.2, 0) is 45.2 Å². The third kappa shape index (κ3) is 7.70. The summed E-state index contributed by atoms with van der Waals surface area (Å²) in [6.07, 6.45) is 0.701. The van der Waals surface area contributed by atoms with Crippen molar-refractivity contribution in [3.8, 4) is 0 Å². The van der Waals surface area contributed by atoms with Gasteiger partial charge in [-0.1, -0.05) is 54.6 Å². The number of nitrogens with one attached hydrogen (secondary N) is 2. The Kier molecular flexibility index (Phi) is 9.38. The van der Waals surface area contributed by atoms with Crippen molar-refractivity contribution >= 4 is 17.7 Å². The van der Waals surface area contributed by atoms with Gasteiger partial charge in [0.05, 0.1) is 13.2 Å². The van der Waals surface area contributed by atoms with Gasteiger partial charge in [-0.25, -0.2) is 8.78 Å². The summed E-state index contributed by atoms with van der Waals surface area (Å²) in [5.74, 6) is -4.27. The molecular formula is C30H31F2N3O4. The Labute approximate surface area is 226 Å². The predicted octanol–water partition coefficient (Wildman–Crippen LogP) is 3.50. The molecule has 2 N–H and O–H groups in total. The summed E-state index contributed by atoms with van der Waals surface area (Å²) in [5, 5.41) is 5.20. The van der Waals surface area contributed by atoms with Crippen LogP contribution in [0.1, 0.15) is 29.2 Å². The zero-order valence-electron chi connectivity index (χ0n) is 21.7. The van der Waals surface area contributed by atoms with Crippen LogP contribution in [0.3, 0.4) is 0 Å². The van der Waals surface area contributed by atoms with Crippen LogP contribution in [0.25, 0.3) is 0 Å². The zero-order chi connectivity index (χ0) is 27.8. The summed E-state index contributed by atoms with van der Waals surface area (Å²) in [6.45, 7) is 2.35. The van der Waals surface area contributed by atoms with Crippen LogP contribution in [0.2, 0.25) is 0 Å². The molecule has 0 aliphatic carbocycles. The van der Waals surface area contributed by atoms with Crippen LogP contribution in [-0.4, -0.2) is 41.8 Å². The maximum Gasteiger partial charge on any atom is 0.247 e. The number of rotatable bonds is 10. The molecule has 2 unspecified atom stereocenters. The minimum atomic E-state index is -1.16. The molecule has 0 fully saturated rings. The van der Waals surface area contributed by atoms with Gasteiger partial charge in [0.15, 0.2) is 0 Å². The maximum atomic E-state index is 13.5. The molecule has 0 saturated heterocycles. The summed E-state index contributed by atoms with van der Waals surface area (Å²) in [5.41, 5.74) is 3.38. The normalized spacial score (nSPS) is 14.2. The summed E-state index contributed by atoms with van der Waals surface area (Å²) in [4.78, 5) is 40.8. The molecule has 0 spiro atoms. The minimum Gasteiger partial charge on any atom is -0.374 e. The standard InChI is InChI=1S/C30H31F2N3O4/c1-20(28(36)33-16-22-13-25(31)15-26(32)14-22)29(37)34-27(19-39-18-21-7-3-2-4-8-21)30(38)35-12-11-23-9-5-6-10-24(23)17-35/h2-10,13-15,20,27H,11-12,16-19H2,1H3,(H,33,36)(H,34,37). The highest BCUT2D eigenvalue weighted by molar-refractivity contribution is 6.01. The average Bonchev–Trinajstić information content (AvgIpc) is 2.94. The van der Waals surface area contributed by atoms with Crippen LogP contribution < -0.4 is 10.6 Å². The molecule has 0 saturated carbocycles. The number of benzene rings is 3. The van der Waals surface area contributed by atoms with Gasteiger partial charge in [0, 0.05) is 25.7 Å². The van der Waals surface area contributed by atoms with Crippen LogP contribution in [0.15, 0.2) is 72.8 Å². The third-order valence-corrected chi connectivity index (χ3v) is 6.63. The molecule has 9 heteroatoms. The quantitative estimate of drug-likeness (QED) is 0.389. The van der Waals surface area contributed by atoms with Crippen LogP contribution >= 0.6 is 0 Å². The number of ether oxygens (including phenoxy) is 1. The van der Waals surface area contributed by atoms with Gasteiger partial charge in [-0.15, -0.1) is 0 Å². The SMILES string of the molecule is CC(C(=O)NCc1cc(F)cc(F)c1)C(=O)NC(COCc1ccccc1)C(=O)N1CCc2ccccc2C1. The molecule has 3 amide bonds. The van der Waals surface area contributed by atoms with E-state index in [9.17, 15) is 23.2 Å². The van der Waals surface area contributed by atoms with Crippen LogP contribution in [0.4, 0.5) is 8.78 Å². The Morgan fingerprint density at radius 1 is 0.897 bits per heavy atom. The van der Waals surface area contributed by atoms with E-state index in [2.05, 4.69) is 10.6 Å². The molecule has 7 nitrogen and oxygen atoms in total. The van der Waals surface area contributed by atoms with E-state index in [1.165, 1.54) is 12.5 Å². The van der Waals surface area contributed by atoms with Gasteiger partial charge < -0.3 is 20.3 Å². The highest BCUT2D eigenvalue weighted by Gasteiger charge is 2.31. The first kappa shape index (κ1) is 27.9. The minimum absolute atomic E-state index is 0.0749. The van der Waals surface area contributed by atoms with E-state index in [0.29, 0.717) is 19.5 Å². The van der Waals surface area contributed by atoms with E-state index in [1.54, 1.807) is 4.90 Å². The lowest BCUT2D eigenvalue weighted by molar-refractivity contribution is -0.142. The van der Waals surface area contributed by atoms with E-state index < -0.39 is 35.4 Å². The first-order valence-electron chi connectivity index (χ1n) is 12.8. The number of hydrogen-bond donors (Lipinski definition) is 2. The number of carbonyl (C=O) groups is 3. The maximum absolute atomic E-state index is 13.5. The lowest BCUT2D eigenvalue weighted by Crippen LogP contribution is -2.54. The third-order valence-electron chi connectivity index (χ3n) is 6.63. The number of halogens is 2. The number of hydrogen-bond acceptors (Lipinski definition) is 4. The number of nitrogens with zero attached hydrogens (tertiary/aromatic N) is 1. The predicted molar refractivity (Wildman–Crippen MR) is 141 cm³/mol. The summed E-state index contributed by atoms with van der Waals surface area (Å²) in [7, 11) is 0. The molecule has 204 valence electrons. The van der Waals surface area contributed by atoms with Gasteiger partial charge in [0.2, 0.25) is 17.7 Å².